The smallest absolute Gasteiger partial charge is 0.105 e. The fourth-order valence-corrected chi connectivity index (χ4v) is 2.49. The second-order valence-corrected chi connectivity index (χ2v) is 4.95. The molecule has 2 unspecified atom stereocenters. The highest BCUT2D eigenvalue weighted by Crippen LogP contribution is 2.10. The number of hydrogen-bond donors (Lipinski definition) is 1. The molecule has 2 rings (SSSR count). The van der Waals surface area contributed by atoms with Gasteiger partial charge in [-0.3, -0.25) is 0 Å². The molecule has 1 aromatic heterocycles. The molecule has 2 heterocycles. The van der Waals surface area contributed by atoms with Crippen LogP contribution in [-0.2, 0) is 6.42 Å². The number of piperidine rings is 1. The van der Waals surface area contributed by atoms with Gasteiger partial charge in [0.1, 0.15) is 5.76 Å². The van der Waals surface area contributed by atoms with E-state index in [-0.39, 0.29) is 0 Å². The van der Waals surface area contributed by atoms with Crippen LogP contribution in [0.15, 0.2) is 22.8 Å². The number of furan rings is 1. The summed E-state index contributed by atoms with van der Waals surface area (Å²) < 4.78 is 5.36. The van der Waals surface area contributed by atoms with Gasteiger partial charge in [-0.2, -0.15) is 0 Å². The van der Waals surface area contributed by atoms with Gasteiger partial charge in [0, 0.05) is 25.0 Å². The zero-order chi connectivity index (χ0) is 11.4. The van der Waals surface area contributed by atoms with Crippen LogP contribution in [-0.4, -0.2) is 37.1 Å². The summed E-state index contributed by atoms with van der Waals surface area (Å²) in [7, 11) is 2.20. The summed E-state index contributed by atoms with van der Waals surface area (Å²) in [4.78, 5) is 2.40. The van der Waals surface area contributed by atoms with Gasteiger partial charge >= 0.3 is 0 Å². The van der Waals surface area contributed by atoms with Gasteiger partial charge in [0.15, 0.2) is 0 Å². The third-order valence-corrected chi connectivity index (χ3v) is 3.23. The van der Waals surface area contributed by atoms with Gasteiger partial charge in [-0.1, -0.05) is 0 Å². The van der Waals surface area contributed by atoms with E-state index in [9.17, 15) is 0 Å². The molecule has 1 N–H and O–H groups in total. The quantitative estimate of drug-likeness (QED) is 0.843. The van der Waals surface area contributed by atoms with Crippen molar-refractivity contribution in [3.63, 3.8) is 0 Å². The lowest BCUT2D eigenvalue weighted by Gasteiger charge is -2.32. The van der Waals surface area contributed by atoms with E-state index in [0.717, 1.165) is 12.2 Å². The van der Waals surface area contributed by atoms with Crippen LogP contribution in [0.25, 0.3) is 0 Å². The maximum atomic E-state index is 5.36. The van der Waals surface area contributed by atoms with Crippen LogP contribution in [0, 0.1) is 0 Å². The summed E-state index contributed by atoms with van der Waals surface area (Å²) >= 11 is 0. The average molecular weight is 222 g/mol. The lowest BCUT2D eigenvalue weighted by molar-refractivity contribution is 0.217. The Morgan fingerprint density at radius 3 is 3.19 bits per heavy atom. The van der Waals surface area contributed by atoms with Crippen molar-refractivity contribution >= 4 is 0 Å². The second-order valence-electron chi connectivity index (χ2n) is 4.95. The highest BCUT2D eigenvalue weighted by atomic mass is 16.3. The molecule has 2 atom stereocenters. The first-order chi connectivity index (χ1) is 7.74. The summed E-state index contributed by atoms with van der Waals surface area (Å²) in [5.41, 5.74) is 0. The van der Waals surface area contributed by atoms with Gasteiger partial charge in [0.25, 0.3) is 0 Å². The minimum Gasteiger partial charge on any atom is -0.469 e. The van der Waals surface area contributed by atoms with Gasteiger partial charge in [-0.25, -0.2) is 0 Å². The zero-order valence-electron chi connectivity index (χ0n) is 10.3. The Morgan fingerprint density at radius 1 is 1.62 bits per heavy atom. The summed E-state index contributed by atoms with van der Waals surface area (Å²) in [5.74, 6) is 1.07. The number of likely N-dealkylation sites (tertiary alicyclic amines) is 1. The number of rotatable bonds is 4. The first kappa shape index (κ1) is 11.7. The van der Waals surface area contributed by atoms with E-state index in [1.807, 2.05) is 12.1 Å². The van der Waals surface area contributed by atoms with Crippen molar-refractivity contribution in [3.05, 3.63) is 24.2 Å². The molecule has 1 aliphatic rings. The van der Waals surface area contributed by atoms with Crippen molar-refractivity contribution in [1.82, 2.24) is 10.2 Å². The van der Waals surface area contributed by atoms with Crippen LogP contribution in [0.4, 0.5) is 0 Å². The zero-order valence-corrected chi connectivity index (χ0v) is 10.3. The average Bonchev–Trinajstić information content (AvgIpc) is 2.70. The van der Waals surface area contributed by atoms with Crippen molar-refractivity contribution in [3.8, 4) is 0 Å². The minimum absolute atomic E-state index is 0.489. The van der Waals surface area contributed by atoms with E-state index in [1.54, 1.807) is 6.26 Å². The standard InChI is InChI=1S/C13H22N2O/c1-11(9-13-6-4-8-16-13)14-12-5-3-7-15(2)10-12/h4,6,8,11-12,14H,3,5,7,9-10H2,1-2H3. The molecule has 3 nitrogen and oxygen atoms in total. The lowest BCUT2D eigenvalue weighted by atomic mass is 10.0. The Balaban J connectivity index is 1.76. The van der Waals surface area contributed by atoms with E-state index < -0.39 is 0 Å². The van der Waals surface area contributed by atoms with Crippen molar-refractivity contribution in [2.24, 2.45) is 0 Å². The van der Waals surface area contributed by atoms with E-state index in [4.69, 9.17) is 4.42 Å². The molecule has 0 spiro atoms. The minimum atomic E-state index is 0.489. The summed E-state index contributed by atoms with van der Waals surface area (Å²) in [6.07, 6.45) is 5.33. The number of nitrogens with zero attached hydrogens (tertiary/aromatic N) is 1. The maximum absolute atomic E-state index is 5.36. The van der Waals surface area contributed by atoms with Crippen molar-refractivity contribution in [1.29, 1.82) is 0 Å². The first-order valence-corrected chi connectivity index (χ1v) is 6.21. The third-order valence-electron chi connectivity index (χ3n) is 3.23. The molecule has 90 valence electrons. The fourth-order valence-electron chi connectivity index (χ4n) is 2.49. The number of nitrogens with one attached hydrogen (secondary N) is 1. The molecule has 0 aromatic carbocycles. The van der Waals surface area contributed by atoms with Crippen LogP contribution in [0.2, 0.25) is 0 Å². The predicted molar refractivity (Wildman–Crippen MR) is 65.5 cm³/mol. The van der Waals surface area contributed by atoms with Crippen molar-refractivity contribution < 1.29 is 4.42 Å². The van der Waals surface area contributed by atoms with Crippen molar-refractivity contribution in [2.75, 3.05) is 20.1 Å². The van der Waals surface area contributed by atoms with Crippen LogP contribution < -0.4 is 5.32 Å². The van der Waals surface area contributed by atoms with E-state index in [1.165, 1.54) is 25.9 Å². The van der Waals surface area contributed by atoms with Gasteiger partial charge in [-0.05, 0) is 45.5 Å². The maximum Gasteiger partial charge on any atom is 0.105 e. The molecule has 1 saturated heterocycles. The molecular formula is C13H22N2O. The highest BCUT2D eigenvalue weighted by molar-refractivity contribution is 5.00. The highest BCUT2D eigenvalue weighted by Gasteiger charge is 2.18. The van der Waals surface area contributed by atoms with Crippen molar-refractivity contribution in [2.45, 2.75) is 38.3 Å². The molecular weight excluding hydrogens is 200 g/mol. The molecule has 0 saturated carbocycles. The lowest BCUT2D eigenvalue weighted by Crippen LogP contribution is -2.47. The van der Waals surface area contributed by atoms with E-state index in [2.05, 4.69) is 24.2 Å². The number of hydrogen-bond acceptors (Lipinski definition) is 3. The van der Waals surface area contributed by atoms with E-state index in [0.29, 0.717) is 12.1 Å². The van der Waals surface area contributed by atoms with Gasteiger partial charge < -0.3 is 14.6 Å². The molecule has 0 aliphatic carbocycles. The predicted octanol–water partition coefficient (Wildman–Crippen LogP) is 1.89. The van der Waals surface area contributed by atoms with Gasteiger partial charge in [0.05, 0.1) is 6.26 Å². The largest absolute Gasteiger partial charge is 0.469 e. The van der Waals surface area contributed by atoms with Crippen LogP contribution in [0.3, 0.4) is 0 Å². The van der Waals surface area contributed by atoms with E-state index >= 15 is 0 Å². The monoisotopic (exact) mass is 222 g/mol. The summed E-state index contributed by atoms with van der Waals surface area (Å²) in [5, 5.41) is 3.69. The normalized spacial score (nSPS) is 24.5. The van der Waals surface area contributed by atoms with Crippen LogP contribution in [0.5, 0.6) is 0 Å². The Morgan fingerprint density at radius 2 is 2.50 bits per heavy atom. The Kier molecular flexibility index (Phi) is 4.02. The summed E-state index contributed by atoms with van der Waals surface area (Å²) in [6, 6.07) is 5.13. The third kappa shape index (κ3) is 3.35. The molecule has 1 aliphatic heterocycles. The Bertz CT molecular complexity index is 297. The molecule has 16 heavy (non-hydrogen) atoms. The Hall–Kier alpha value is -0.800. The molecule has 1 fully saturated rings. The molecule has 0 amide bonds. The SMILES string of the molecule is CC(Cc1ccco1)NC1CCCN(C)C1. The Labute approximate surface area is 97.8 Å². The van der Waals surface area contributed by atoms with Gasteiger partial charge in [0.2, 0.25) is 0 Å². The molecule has 0 bridgehead atoms. The first-order valence-electron chi connectivity index (χ1n) is 6.21. The number of likely N-dealkylation sites (N-methyl/N-ethyl adjacent to an activating group) is 1. The van der Waals surface area contributed by atoms with Crippen LogP contribution >= 0.6 is 0 Å². The second kappa shape index (κ2) is 5.51. The van der Waals surface area contributed by atoms with Gasteiger partial charge in [-0.15, -0.1) is 0 Å². The molecule has 0 radical (unpaired) electrons. The molecule has 3 heteroatoms. The topological polar surface area (TPSA) is 28.4 Å². The summed E-state index contributed by atoms with van der Waals surface area (Å²) in [6.45, 7) is 4.64. The van der Waals surface area contributed by atoms with Crippen LogP contribution in [0.1, 0.15) is 25.5 Å². The molecule has 1 aromatic rings. The fraction of sp³-hybridized carbons (Fsp3) is 0.692.